The number of rotatable bonds is 4. The number of amides is 1. The van der Waals surface area contributed by atoms with Gasteiger partial charge in [0.15, 0.2) is 4.90 Å². The second kappa shape index (κ2) is 7.71. The van der Waals surface area contributed by atoms with Crippen molar-refractivity contribution in [3.05, 3.63) is 34.4 Å². The van der Waals surface area contributed by atoms with Crippen molar-refractivity contribution in [2.24, 2.45) is 0 Å². The van der Waals surface area contributed by atoms with Crippen molar-refractivity contribution in [2.75, 3.05) is 19.6 Å². The van der Waals surface area contributed by atoms with Crippen LogP contribution in [0.4, 0.5) is 5.69 Å². The molecule has 0 aliphatic carbocycles. The zero-order valence-corrected chi connectivity index (χ0v) is 15.4. The van der Waals surface area contributed by atoms with E-state index in [1.165, 1.54) is 28.6 Å². The van der Waals surface area contributed by atoms with E-state index in [0.29, 0.717) is 25.9 Å². The number of sulfonamides is 1. The molecule has 26 heavy (non-hydrogen) atoms. The summed E-state index contributed by atoms with van der Waals surface area (Å²) in [5, 5.41) is 11.3. The summed E-state index contributed by atoms with van der Waals surface area (Å²) in [7, 11) is -4.13. The first kappa shape index (κ1) is 18.8. The lowest BCUT2D eigenvalue weighted by atomic mass is 10.0. The third-order valence-corrected chi connectivity index (χ3v) is 7.01. The topological polar surface area (TPSA) is 101 Å². The number of para-hydroxylation sites is 1. The molecule has 9 heteroatoms. The molecule has 0 aromatic heterocycles. The van der Waals surface area contributed by atoms with E-state index >= 15 is 0 Å². The molecule has 0 N–H and O–H groups in total. The number of hydrogen-bond donors (Lipinski definition) is 0. The van der Waals surface area contributed by atoms with Gasteiger partial charge in [0, 0.05) is 25.7 Å². The summed E-state index contributed by atoms with van der Waals surface area (Å²) in [6.45, 7) is 1.50. The van der Waals surface area contributed by atoms with E-state index in [1.807, 2.05) is 0 Å². The zero-order valence-electron chi connectivity index (χ0n) is 14.5. The van der Waals surface area contributed by atoms with Crippen molar-refractivity contribution in [3.8, 4) is 0 Å². The number of likely N-dealkylation sites (tertiary alicyclic amines) is 1. The maximum Gasteiger partial charge on any atom is 0.289 e. The minimum absolute atomic E-state index is 0.174. The van der Waals surface area contributed by atoms with Crippen LogP contribution in [0.5, 0.6) is 0 Å². The van der Waals surface area contributed by atoms with Gasteiger partial charge in [-0.2, -0.15) is 4.31 Å². The van der Waals surface area contributed by atoms with Crippen molar-refractivity contribution in [1.82, 2.24) is 9.21 Å². The lowest BCUT2D eigenvalue weighted by molar-refractivity contribution is -0.387. The average Bonchev–Trinajstić information content (AvgIpc) is 2.68. The quantitative estimate of drug-likeness (QED) is 0.587. The summed E-state index contributed by atoms with van der Waals surface area (Å²) < 4.78 is 27.5. The molecular weight excluding hydrogens is 358 g/mol. The van der Waals surface area contributed by atoms with Crippen LogP contribution >= 0.6 is 0 Å². The Bertz CT molecular complexity index is 789. The van der Waals surface area contributed by atoms with Crippen LogP contribution in [0.25, 0.3) is 0 Å². The van der Waals surface area contributed by atoms with Crippen molar-refractivity contribution in [1.29, 1.82) is 0 Å². The van der Waals surface area contributed by atoms with Gasteiger partial charge >= 0.3 is 0 Å². The monoisotopic (exact) mass is 381 g/mol. The standard InChI is InChI=1S/C17H23N3O5S/c21-17(18-11-5-1-6-12-18)15-9-4-7-13-19(15)26(24,25)16-10-3-2-8-14(16)20(22)23/h2-3,8,10,15H,1,4-7,9,11-13H2/t15-/m0/s1. The van der Waals surface area contributed by atoms with Crippen LogP contribution in [0.3, 0.4) is 0 Å². The molecule has 3 rings (SSSR count). The normalized spacial score (nSPS) is 22.2. The maximum absolute atomic E-state index is 13.2. The largest absolute Gasteiger partial charge is 0.341 e. The molecule has 2 aliphatic heterocycles. The zero-order chi connectivity index (χ0) is 18.7. The number of carbonyl (C=O) groups is 1. The lowest BCUT2D eigenvalue weighted by Gasteiger charge is -2.37. The fraction of sp³-hybridized carbons (Fsp3) is 0.588. The highest BCUT2D eigenvalue weighted by molar-refractivity contribution is 7.89. The fourth-order valence-corrected chi connectivity index (χ4v) is 5.53. The van der Waals surface area contributed by atoms with Gasteiger partial charge in [-0.05, 0) is 38.2 Å². The second-order valence-electron chi connectivity index (χ2n) is 6.74. The van der Waals surface area contributed by atoms with Gasteiger partial charge < -0.3 is 4.90 Å². The SMILES string of the molecule is O=C([C@@H]1CCCCN1S(=O)(=O)c1ccccc1[N+](=O)[O-])N1CCCCC1. The third kappa shape index (κ3) is 3.59. The molecule has 1 atom stereocenters. The molecule has 1 amide bonds. The average molecular weight is 381 g/mol. The molecule has 0 unspecified atom stereocenters. The number of hydrogen-bond acceptors (Lipinski definition) is 5. The van der Waals surface area contributed by atoms with Crippen molar-refractivity contribution in [3.63, 3.8) is 0 Å². The van der Waals surface area contributed by atoms with Crippen molar-refractivity contribution in [2.45, 2.75) is 49.5 Å². The van der Waals surface area contributed by atoms with Crippen LogP contribution < -0.4 is 0 Å². The molecule has 142 valence electrons. The summed E-state index contributed by atoms with van der Waals surface area (Å²) in [5.41, 5.74) is -0.456. The first-order valence-corrected chi connectivity index (χ1v) is 10.4. The van der Waals surface area contributed by atoms with Gasteiger partial charge in [0.05, 0.1) is 4.92 Å². The Kier molecular flexibility index (Phi) is 5.57. The number of carbonyl (C=O) groups excluding carboxylic acids is 1. The smallest absolute Gasteiger partial charge is 0.289 e. The first-order chi connectivity index (χ1) is 12.4. The van der Waals surface area contributed by atoms with Gasteiger partial charge in [0.1, 0.15) is 6.04 Å². The number of nitrogens with zero attached hydrogens (tertiary/aromatic N) is 3. The predicted molar refractivity (Wildman–Crippen MR) is 95.1 cm³/mol. The number of benzene rings is 1. The molecule has 2 heterocycles. The molecule has 0 radical (unpaired) electrons. The Hall–Kier alpha value is -2.00. The van der Waals surface area contributed by atoms with Crippen LogP contribution in [0, 0.1) is 10.1 Å². The Morgan fingerprint density at radius 3 is 2.38 bits per heavy atom. The Labute approximate surface area is 153 Å². The molecule has 0 bridgehead atoms. The minimum Gasteiger partial charge on any atom is -0.341 e. The Morgan fingerprint density at radius 1 is 1.04 bits per heavy atom. The summed E-state index contributed by atoms with van der Waals surface area (Å²) in [4.78, 5) is 24.9. The Morgan fingerprint density at radius 2 is 1.69 bits per heavy atom. The molecule has 2 aliphatic rings. The first-order valence-electron chi connectivity index (χ1n) is 8.97. The van der Waals surface area contributed by atoms with E-state index in [2.05, 4.69) is 0 Å². The maximum atomic E-state index is 13.2. The van der Waals surface area contributed by atoms with Crippen LogP contribution in [0.15, 0.2) is 29.2 Å². The van der Waals surface area contributed by atoms with E-state index < -0.39 is 26.7 Å². The summed E-state index contributed by atoms with van der Waals surface area (Å²) in [6, 6.07) is 4.55. The summed E-state index contributed by atoms with van der Waals surface area (Å²) in [5.74, 6) is -0.174. The van der Waals surface area contributed by atoms with Gasteiger partial charge in [-0.1, -0.05) is 18.6 Å². The molecule has 1 aromatic rings. The van der Waals surface area contributed by atoms with Crippen LogP contribution in [0.1, 0.15) is 38.5 Å². The second-order valence-corrected chi connectivity index (χ2v) is 8.60. The minimum atomic E-state index is -4.13. The third-order valence-electron chi connectivity index (χ3n) is 5.06. The molecule has 1 aromatic carbocycles. The predicted octanol–water partition coefficient (Wildman–Crippen LogP) is 2.15. The number of nitro groups is 1. The highest BCUT2D eigenvalue weighted by Gasteiger charge is 2.41. The van der Waals surface area contributed by atoms with E-state index in [4.69, 9.17) is 0 Å². The summed E-state index contributed by atoms with van der Waals surface area (Å²) in [6.07, 6.45) is 4.80. The highest BCUT2D eigenvalue weighted by Crippen LogP contribution is 2.31. The molecular formula is C17H23N3O5S. The van der Waals surface area contributed by atoms with E-state index in [1.54, 1.807) is 4.90 Å². The lowest BCUT2D eigenvalue weighted by Crippen LogP contribution is -2.53. The molecule has 2 saturated heterocycles. The van der Waals surface area contributed by atoms with Crippen LogP contribution in [-0.4, -0.2) is 54.1 Å². The molecule has 8 nitrogen and oxygen atoms in total. The van der Waals surface area contributed by atoms with Crippen LogP contribution in [0.2, 0.25) is 0 Å². The fourth-order valence-electron chi connectivity index (χ4n) is 3.72. The number of piperidine rings is 2. The number of nitro benzene ring substituents is 1. The molecule has 0 saturated carbocycles. The van der Waals surface area contributed by atoms with Crippen molar-refractivity contribution >= 4 is 21.6 Å². The van der Waals surface area contributed by atoms with E-state index in [0.717, 1.165) is 25.7 Å². The van der Waals surface area contributed by atoms with Gasteiger partial charge in [-0.3, -0.25) is 14.9 Å². The molecule has 2 fully saturated rings. The van der Waals surface area contributed by atoms with Gasteiger partial charge in [-0.25, -0.2) is 8.42 Å². The summed E-state index contributed by atoms with van der Waals surface area (Å²) >= 11 is 0. The van der Waals surface area contributed by atoms with Crippen molar-refractivity contribution < 1.29 is 18.1 Å². The Balaban J connectivity index is 1.94. The molecule has 0 spiro atoms. The van der Waals surface area contributed by atoms with Gasteiger partial charge in [0.25, 0.3) is 15.7 Å². The van der Waals surface area contributed by atoms with E-state index in [9.17, 15) is 23.3 Å². The van der Waals surface area contributed by atoms with Gasteiger partial charge in [-0.15, -0.1) is 0 Å². The van der Waals surface area contributed by atoms with Gasteiger partial charge in [0.2, 0.25) is 5.91 Å². The highest BCUT2D eigenvalue weighted by atomic mass is 32.2. The van der Waals surface area contributed by atoms with Crippen LogP contribution in [-0.2, 0) is 14.8 Å². The van der Waals surface area contributed by atoms with E-state index in [-0.39, 0.29) is 17.3 Å².